The number of hydrogen-bond acceptors (Lipinski definition) is 3. The molecule has 0 atom stereocenters. The minimum absolute atomic E-state index is 0.0796. The number of rotatable bonds is 14. The van der Waals surface area contributed by atoms with Crippen molar-refractivity contribution in [3.63, 3.8) is 0 Å². The molecule has 208 valence electrons. The van der Waals surface area contributed by atoms with E-state index >= 15 is 0 Å². The van der Waals surface area contributed by atoms with E-state index in [0.717, 1.165) is 50.8 Å². The summed E-state index contributed by atoms with van der Waals surface area (Å²) < 4.78 is 7.51. The molecule has 6 heteroatoms. The topological polar surface area (TPSA) is 54.8 Å². The molecule has 2 aliphatic carbocycles. The summed E-state index contributed by atoms with van der Waals surface area (Å²) in [5.74, 6) is 0.875. The van der Waals surface area contributed by atoms with Crippen molar-refractivity contribution in [2.24, 2.45) is 5.92 Å². The van der Waals surface area contributed by atoms with Crippen LogP contribution >= 0.6 is 0 Å². The Hall–Kier alpha value is -2.60. The van der Waals surface area contributed by atoms with E-state index in [-0.39, 0.29) is 24.4 Å². The van der Waals surface area contributed by atoms with Crippen molar-refractivity contribution >= 4 is 11.8 Å². The molecule has 6 nitrogen and oxygen atoms in total. The molecule has 2 aromatic rings. The summed E-state index contributed by atoms with van der Waals surface area (Å²) in [5.41, 5.74) is 2.39. The van der Waals surface area contributed by atoms with Crippen LogP contribution in [-0.2, 0) is 27.4 Å². The molecule has 2 saturated carbocycles. The van der Waals surface area contributed by atoms with Crippen molar-refractivity contribution in [2.45, 2.75) is 96.2 Å². The number of nitrogens with zero attached hydrogens (tertiary/aromatic N) is 3. The Morgan fingerprint density at radius 2 is 1.66 bits per heavy atom. The van der Waals surface area contributed by atoms with Crippen LogP contribution in [0.5, 0.6) is 0 Å². The molecule has 0 radical (unpaired) electrons. The summed E-state index contributed by atoms with van der Waals surface area (Å²) in [5, 5.41) is 0. The fraction of sp³-hybridized carbons (Fsp3) is 0.625. The highest BCUT2D eigenvalue weighted by Gasteiger charge is 2.29. The molecule has 1 aromatic heterocycles. The van der Waals surface area contributed by atoms with Crippen molar-refractivity contribution in [1.29, 1.82) is 0 Å². The molecule has 4 rings (SSSR count). The van der Waals surface area contributed by atoms with E-state index in [1.54, 1.807) is 7.11 Å². The van der Waals surface area contributed by atoms with E-state index < -0.39 is 0 Å². The molecule has 0 spiro atoms. The van der Waals surface area contributed by atoms with Crippen LogP contribution < -0.4 is 0 Å². The average Bonchev–Trinajstić information content (AvgIpc) is 3.63. The lowest BCUT2D eigenvalue weighted by atomic mass is 9.94. The van der Waals surface area contributed by atoms with Crippen LogP contribution in [0.1, 0.15) is 88.3 Å². The first kappa shape index (κ1) is 28.4. The van der Waals surface area contributed by atoms with Crippen LogP contribution in [0.15, 0.2) is 48.7 Å². The minimum Gasteiger partial charge on any atom is -0.385 e. The fourth-order valence-electron chi connectivity index (χ4n) is 6.25. The van der Waals surface area contributed by atoms with Crippen molar-refractivity contribution in [1.82, 2.24) is 14.4 Å². The van der Waals surface area contributed by atoms with Crippen LogP contribution in [0.4, 0.5) is 0 Å². The monoisotopic (exact) mass is 521 g/mol. The summed E-state index contributed by atoms with van der Waals surface area (Å²) in [7, 11) is 1.69. The first-order valence-corrected chi connectivity index (χ1v) is 14.9. The molecule has 2 amide bonds. The zero-order valence-corrected chi connectivity index (χ0v) is 23.4. The summed E-state index contributed by atoms with van der Waals surface area (Å²) in [6.45, 7) is 2.72. The summed E-state index contributed by atoms with van der Waals surface area (Å²) >= 11 is 0. The van der Waals surface area contributed by atoms with Gasteiger partial charge in [-0.2, -0.15) is 0 Å². The van der Waals surface area contributed by atoms with E-state index in [0.29, 0.717) is 32.0 Å². The number of methoxy groups -OCH3 is 1. The number of amides is 2. The molecule has 0 aliphatic heterocycles. The lowest BCUT2D eigenvalue weighted by molar-refractivity contribution is -0.143. The smallest absolute Gasteiger partial charge is 0.242 e. The van der Waals surface area contributed by atoms with Gasteiger partial charge in [0.15, 0.2) is 0 Å². The van der Waals surface area contributed by atoms with Crippen molar-refractivity contribution in [2.75, 3.05) is 26.8 Å². The first-order chi connectivity index (χ1) is 18.6. The van der Waals surface area contributed by atoms with Gasteiger partial charge in [0.05, 0.1) is 13.1 Å². The van der Waals surface area contributed by atoms with Gasteiger partial charge < -0.3 is 19.1 Å². The van der Waals surface area contributed by atoms with E-state index in [1.807, 2.05) is 11.0 Å². The Balaban J connectivity index is 1.45. The Kier molecular flexibility index (Phi) is 11.3. The molecule has 38 heavy (non-hydrogen) atoms. The number of carbonyl (C=O) groups is 2. The van der Waals surface area contributed by atoms with Gasteiger partial charge in [0.1, 0.15) is 0 Å². The Morgan fingerprint density at radius 3 is 2.39 bits per heavy atom. The molecule has 0 unspecified atom stereocenters. The van der Waals surface area contributed by atoms with Gasteiger partial charge in [-0.3, -0.25) is 9.59 Å². The van der Waals surface area contributed by atoms with Gasteiger partial charge in [0.2, 0.25) is 11.8 Å². The predicted octanol–water partition coefficient (Wildman–Crippen LogP) is 6.03. The zero-order valence-electron chi connectivity index (χ0n) is 23.4. The number of carbonyl (C=O) groups excluding carboxylic acids is 2. The molecule has 0 N–H and O–H groups in total. The number of hydrogen-bond donors (Lipinski definition) is 0. The maximum absolute atomic E-state index is 13.9. The third-order valence-corrected chi connectivity index (χ3v) is 8.48. The molecule has 0 saturated heterocycles. The number of aromatic nitrogens is 1. The van der Waals surface area contributed by atoms with E-state index in [9.17, 15) is 9.59 Å². The maximum Gasteiger partial charge on any atom is 0.242 e. The van der Waals surface area contributed by atoms with Gasteiger partial charge in [-0.25, -0.2) is 0 Å². The lowest BCUT2D eigenvalue weighted by Crippen LogP contribution is -2.48. The standard InChI is InChI=1S/C32H47N3O3/c1-38-23-11-22-34(31(36)20-19-27-12-8-9-13-27)26-32(37)35(29-16-6-3-7-17-29)25-30-18-10-21-33(30)24-28-14-4-2-5-15-28/h2,4-5,10,14-15,18,21,27,29H,3,6-9,11-13,16-17,19-20,22-26H2,1H3. The van der Waals surface area contributed by atoms with Crippen molar-refractivity contribution in [3.8, 4) is 0 Å². The highest BCUT2D eigenvalue weighted by Crippen LogP contribution is 2.29. The fourth-order valence-corrected chi connectivity index (χ4v) is 6.25. The second-order valence-corrected chi connectivity index (χ2v) is 11.3. The second kappa shape index (κ2) is 15.1. The number of benzene rings is 1. The molecule has 1 aromatic carbocycles. The first-order valence-electron chi connectivity index (χ1n) is 14.9. The Morgan fingerprint density at radius 1 is 0.921 bits per heavy atom. The summed E-state index contributed by atoms with van der Waals surface area (Å²) in [4.78, 5) is 31.2. The van der Waals surface area contributed by atoms with Gasteiger partial charge >= 0.3 is 0 Å². The quantitative estimate of drug-likeness (QED) is 0.285. The number of ether oxygens (including phenoxy) is 1. The molecule has 2 aliphatic rings. The van der Waals surface area contributed by atoms with Crippen molar-refractivity contribution < 1.29 is 14.3 Å². The average molecular weight is 522 g/mol. The Bertz CT molecular complexity index is 977. The predicted molar refractivity (Wildman–Crippen MR) is 152 cm³/mol. The van der Waals surface area contributed by atoms with Crippen molar-refractivity contribution in [3.05, 3.63) is 59.9 Å². The Labute approximate surface area is 229 Å². The van der Waals surface area contributed by atoms with Gasteiger partial charge in [-0.1, -0.05) is 75.3 Å². The van der Waals surface area contributed by atoms with Crippen LogP contribution in [-0.4, -0.2) is 59.0 Å². The van der Waals surface area contributed by atoms with Gasteiger partial charge in [0.25, 0.3) is 0 Å². The summed E-state index contributed by atoms with van der Waals surface area (Å²) in [6, 6.07) is 14.9. The second-order valence-electron chi connectivity index (χ2n) is 11.3. The lowest BCUT2D eigenvalue weighted by Gasteiger charge is -2.36. The summed E-state index contributed by atoms with van der Waals surface area (Å²) in [6.07, 6.45) is 15.1. The minimum atomic E-state index is 0.0796. The van der Waals surface area contributed by atoms with Gasteiger partial charge in [-0.05, 0) is 49.3 Å². The van der Waals surface area contributed by atoms with E-state index in [2.05, 4.69) is 52.1 Å². The zero-order chi connectivity index (χ0) is 26.6. The van der Waals surface area contributed by atoms with E-state index in [4.69, 9.17) is 4.74 Å². The molecule has 2 fully saturated rings. The van der Waals surface area contributed by atoms with E-state index in [1.165, 1.54) is 37.7 Å². The normalized spacial score (nSPS) is 16.6. The third-order valence-electron chi connectivity index (χ3n) is 8.48. The van der Waals surface area contributed by atoms with Crippen LogP contribution in [0.3, 0.4) is 0 Å². The van der Waals surface area contributed by atoms with Gasteiger partial charge in [0, 0.05) is 51.2 Å². The highest BCUT2D eigenvalue weighted by molar-refractivity contribution is 5.85. The SMILES string of the molecule is COCCCN(CC(=O)N(Cc1cccn1Cc1ccccc1)C1CCCCC1)C(=O)CCC1CCCC1. The van der Waals surface area contributed by atoms with Crippen LogP contribution in [0, 0.1) is 5.92 Å². The maximum atomic E-state index is 13.9. The van der Waals surface area contributed by atoms with Gasteiger partial charge in [-0.15, -0.1) is 0 Å². The van der Waals surface area contributed by atoms with Crippen LogP contribution in [0.2, 0.25) is 0 Å². The molecule has 0 bridgehead atoms. The molecular weight excluding hydrogens is 474 g/mol. The highest BCUT2D eigenvalue weighted by atomic mass is 16.5. The molecule has 1 heterocycles. The largest absolute Gasteiger partial charge is 0.385 e. The third kappa shape index (κ3) is 8.45. The van der Waals surface area contributed by atoms with Crippen LogP contribution in [0.25, 0.3) is 0 Å². The molecular formula is C32H47N3O3.